The van der Waals surface area contributed by atoms with Gasteiger partial charge in [0.15, 0.2) is 0 Å². The van der Waals surface area contributed by atoms with Crippen LogP contribution >= 0.6 is 11.3 Å². The first-order valence-corrected chi connectivity index (χ1v) is 8.40. The van der Waals surface area contributed by atoms with Crippen LogP contribution in [0.15, 0.2) is 41.5 Å². The molecule has 1 fully saturated rings. The summed E-state index contributed by atoms with van der Waals surface area (Å²) in [7, 11) is 0. The average Bonchev–Trinajstić information content (AvgIpc) is 3.24. The minimum Gasteiger partial charge on any atom is -0.330 e. The maximum Gasteiger partial charge on any atom is 0.255 e. The van der Waals surface area contributed by atoms with Crippen LogP contribution in [0.2, 0.25) is 0 Å². The van der Waals surface area contributed by atoms with Gasteiger partial charge in [-0.05, 0) is 36.8 Å². The van der Waals surface area contributed by atoms with Gasteiger partial charge < -0.3 is 4.90 Å². The molecular formula is C16H16N4OS. The highest BCUT2D eigenvalue weighted by molar-refractivity contribution is 7.08. The molecule has 0 radical (unpaired) electrons. The zero-order chi connectivity index (χ0) is 14.9. The summed E-state index contributed by atoms with van der Waals surface area (Å²) >= 11 is 1.56. The lowest BCUT2D eigenvalue weighted by atomic mass is 9.98. The van der Waals surface area contributed by atoms with E-state index in [1.165, 1.54) is 0 Å². The van der Waals surface area contributed by atoms with Gasteiger partial charge in [-0.3, -0.25) is 9.20 Å². The average molecular weight is 312 g/mol. The number of likely N-dealkylation sites (tertiary alicyclic amines) is 1. The molecule has 0 saturated carbocycles. The molecule has 0 aromatic carbocycles. The number of nitrogens with zero attached hydrogens (tertiary/aromatic N) is 4. The molecule has 0 unspecified atom stereocenters. The lowest BCUT2D eigenvalue weighted by molar-refractivity contribution is 0.0606. The fourth-order valence-electron chi connectivity index (χ4n) is 3.04. The topological polar surface area (TPSA) is 50.5 Å². The molecule has 112 valence electrons. The fraction of sp³-hybridized carbons (Fsp3) is 0.312. The smallest absolute Gasteiger partial charge is 0.255 e. The van der Waals surface area contributed by atoms with Gasteiger partial charge in [0.1, 0.15) is 0 Å². The van der Waals surface area contributed by atoms with Gasteiger partial charge in [-0.25, -0.2) is 9.97 Å². The van der Waals surface area contributed by atoms with Gasteiger partial charge in [0.05, 0.1) is 17.3 Å². The highest BCUT2D eigenvalue weighted by Gasteiger charge is 2.30. The molecule has 1 aliphatic rings. The fourth-order valence-corrected chi connectivity index (χ4v) is 3.67. The second-order valence-corrected chi connectivity index (χ2v) is 6.29. The Balaban J connectivity index is 1.69. The zero-order valence-corrected chi connectivity index (χ0v) is 12.9. The Morgan fingerprint density at radius 1 is 1.27 bits per heavy atom. The number of amides is 1. The third kappa shape index (κ3) is 2.29. The minimum absolute atomic E-state index is 0.0443. The Morgan fingerprint density at radius 2 is 2.23 bits per heavy atom. The van der Waals surface area contributed by atoms with Crippen molar-refractivity contribution in [1.82, 2.24) is 19.3 Å². The van der Waals surface area contributed by atoms with Crippen molar-refractivity contribution in [2.75, 3.05) is 6.54 Å². The molecule has 4 heterocycles. The number of thiophene rings is 1. The minimum atomic E-state index is 0.0443. The van der Waals surface area contributed by atoms with Crippen molar-refractivity contribution in [3.05, 3.63) is 52.7 Å². The predicted octanol–water partition coefficient (Wildman–Crippen LogP) is 3.16. The lowest BCUT2D eigenvalue weighted by Crippen LogP contribution is -2.38. The van der Waals surface area contributed by atoms with E-state index in [-0.39, 0.29) is 11.9 Å². The number of rotatable bonds is 2. The van der Waals surface area contributed by atoms with Crippen LogP contribution in [0.25, 0.3) is 5.78 Å². The van der Waals surface area contributed by atoms with Gasteiger partial charge in [-0.15, -0.1) is 0 Å². The van der Waals surface area contributed by atoms with Crippen LogP contribution in [-0.4, -0.2) is 31.7 Å². The molecule has 5 nitrogen and oxygen atoms in total. The molecular weight excluding hydrogens is 296 g/mol. The Labute approximate surface area is 132 Å². The number of carbonyl (C=O) groups is 1. The molecule has 0 N–H and O–H groups in total. The number of aromatic nitrogens is 3. The van der Waals surface area contributed by atoms with Crippen molar-refractivity contribution in [2.45, 2.75) is 25.3 Å². The first-order valence-electron chi connectivity index (χ1n) is 7.46. The van der Waals surface area contributed by atoms with Crippen LogP contribution in [-0.2, 0) is 0 Å². The van der Waals surface area contributed by atoms with Crippen molar-refractivity contribution < 1.29 is 4.79 Å². The Hall–Kier alpha value is -2.21. The summed E-state index contributed by atoms with van der Waals surface area (Å²) in [5.41, 5.74) is 1.71. The van der Waals surface area contributed by atoms with Gasteiger partial charge >= 0.3 is 0 Å². The summed E-state index contributed by atoms with van der Waals surface area (Å²) in [6.07, 6.45) is 8.71. The van der Waals surface area contributed by atoms with E-state index in [0.717, 1.165) is 37.1 Å². The van der Waals surface area contributed by atoms with Crippen molar-refractivity contribution in [3.8, 4) is 0 Å². The van der Waals surface area contributed by atoms with E-state index in [9.17, 15) is 4.79 Å². The molecule has 6 heteroatoms. The maximum absolute atomic E-state index is 12.7. The lowest BCUT2D eigenvalue weighted by Gasteiger charge is -2.35. The molecule has 22 heavy (non-hydrogen) atoms. The van der Waals surface area contributed by atoms with Crippen LogP contribution in [0.4, 0.5) is 0 Å². The molecule has 0 aliphatic carbocycles. The van der Waals surface area contributed by atoms with Crippen molar-refractivity contribution in [1.29, 1.82) is 0 Å². The highest BCUT2D eigenvalue weighted by atomic mass is 32.1. The summed E-state index contributed by atoms with van der Waals surface area (Å²) < 4.78 is 1.89. The van der Waals surface area contributed by atoms with E-state index in [1.807, 2.05) is 44.6 Å². The molecule has 1 saturated heterocycles. The van der Waals surface area contributed by atoms with Gasteiger partial charge in [0, 0.05) is 30.5 Å². The van der Waals surface area contributed by atoms with Crippen LogP contribution < -0.4 is 0 Å². The molecule has 1 amide bonds. The third-order valence-corrected chi connectivity index (χ3v) is 4.84. The van der Waals surface area contributed by atoms with Gasteiger partial charge in [0.2, 0.25) is 5.78 Å². The Bertz CT molecular complexity index is 795. The maximum atomic E-state index is 12.7. The van der Waals surface area contributed by atoms with Crippen molar-refractivity contribution in [2.24, 2.45) is 0 Å². The first kappa shape index (κ1) is 13.5. The van der Waals surface area contributed by atoms with Crippen molar-refractivity contribution in [3.63, 3.8) is 0 Å². The standard InChI is InChI=1S/C16H16N4OS/c21-15(12-5-10-22-11-12)20-7-2-1-3-14(20)13-4-8-19-9-6-17-16(19)18-13/h4-6,8-11,14H,1-3,7H2/t14-/m1/s1. The third-order valence-electron chi connectivity index (χ3n) is 4.16. The van der Waals surface area contributed by atoms with Crippen molar-refractivity contribution >= 4 is 23.0 Å². The zero-order valence-electron chi connectivity index (χ0n) is 12.1. The second-order valence-electron chi connectivity index (χ2n) is 5.51. The Kier molecular flexibility index (Phi) is 3.38. The quantitative estimate of drug-likeness (QED) is 0.730. The van der Waals surface area contributed by atoms with Gasteiger partial charge in [0.25, 0.3) is 5.91 Å². The van der Waals surface area contributed by atoms with E-state index < -0.39 is 0 Å². The highest BCUT2D eigenvalue weighted by Crippen LogP contribution is 2.31. The van der Waals surface area contributed by atoms with E-state index >= 15 is 0 Å². The van der Waals surface area contributed by atoms with Crippen LogP contribution in [0.5, 0.6) is 0 Å². The molecule has 0 spiro atoms. The number of fused-ring (bicyclic) bond motifs is 1. The first-order chi connectivity index (χ1) is 10.8. The van der Waals surface area contributed by atoms with Crippen LogP contribution in [0, 0.1) is 0 Å². The van der Waals surface area contributed by atoms with Crippen LogP contribution in [0.3, 0.4) is 0 Å². The van der Waals surface area contributed by atoms with Crippen LogP contribution in [0.1, 0.15) is 41.4 Å². The number of piperidine rings is 1. The summed E-state index contributed by atoms with van der Waals surface area (Å²) in [5.74, 6) is 0.793. The summed E-state index contributed by atoms with van der Waals surface area (Å²) in [4.78, 5) is 23.6. The second kappa shape index (κ2) is 5.53. The number of carbonyl (C=O) groups excluding carboxylic acids is 1. The van der Waals surface area contributed by atoms with Gasteiger partial charge in [-0.1, -0.05) is 0 Å². The summed E-state index contributed by atoms with van der Waals surface area (Å²) in [6.45, 7) is 0.792. The van der Waals surface area contributed by atoms with E-state index in [4.69, 9.17) is 0 Å². The molecule has 3 aromatic heterocycles. The Morgan fingerprint density at radius 3 is 3.09 bits per heavy atom. The summed E-state index contributed by atoms with van der Waals surface area (Å²) in [6, 6.07) is 3.94. The normalized spacial score (nSPS) is 18.7. The predicted molar refractivity (Wildman–Crippen MR) is 84.9 cm³/mol. The van der Waals surface area contributed by atoms with E-state index in [0.29, 0.717) is 5.78 Å². The number of imidazole rings is 1. The molecule has 1 atom stereocenters. The van der Waals surface area contributed by atoms with Gasteiger partial charge in [-0.2, -0.15) is 11.3 Å². The molecule has 3 aromatic rings. The molecule has 4 rings (SSSR count). The van der Waals surface area contributed by atoms with E-state index in [1.54, 1.807) is 17.5 Å². The monoisotopic (exact) mass is 312 g/mol. The number of hydrogen-bond donors (Lipinski definition) is 0. The molecule has 1 aliphatic heterocycles. The largest absolute Gasteiger partial charge is 0.330 e. The molecule has 0 bridgehead atoms. The van der Waals surface area contributed by atoms with E-state index in [2.05, 4.69) is 9.97 Å². The summed E-state index contributed by atoms with van der Waals surface area (Å²) in [5, 5.41) is 3.86. The number of hydrogen-bond acceptors (Lipinski definition) is 4. The SMILES string of the molecule is O=C(c1ccsc1)N1CCCC[C@@H]1c1ccn2ccnc2n1.